The van der Waals surface area contributed by atoms with Crippen LogP contribution in [-0.2, 0) is 6.18 Å². The van der Waals surface area contributed by atoms with Crippen LogP contribution in [0.1, 0.15) is 5.56 Å². The molecule has 1 saturated heterocycles. The highest BCUT2D eigenvalue weighted by molar-refractivity contribution is 5.91. The second kappa shape index (κ2) is 7.94. The van der Waals surface area contributed by atoms with E-state index < -0.39 is 11.7 Å². The predicted molar refractivity (Wildman–Crippen MR) is 119 cm³/mol. The number of aromatic nitrogens is 3. The normalized spacial score (nSPS) is 15.4. The Bertz CT molecular complexity index is 1240. The van der Waals surface area contributed by atoms with Gasteiger partial charge in [-0.25, -0.2) is 4.98 Å². The average Bonchev–Trinajstić information content (AvgIpc) is 3.22. The highest BCUT2D eigenvalue weighted by Crippen LogP contribution is 2.37. The number of piperazine rings is 1. The molecule has 32 heavy (non-hydrogen) atoms. The molecule has 164 valence electrons. The van der Waals surface area contributed by atoms with E-state index in [0.717, 1.165) is 43.5 Å². The van der Waals surface area contributed by atoms with E-state index in [4.69, 9.17) is 0 Å². The van der Waals surface area contributed by atoms with E-state index in [1.807, 2.05) is 12.1 Å². The number of nitrogens with zero attached hydrogens (tertiary/aromatic N) is 4. The zero-order valence-corrected chi connectivity index (χ0v) is 17.5. The van der Waals surface area contributed by atoms with Gasteiger partial charge in [-0.3, -0.25) is 5.10 Å². The van der Waals surface area contributed by atoms with Crippen molar-refractivity contribution in [3.63, 3.8) is 0 Å². The number of nitrogens with one attached hydrogen (secondary N) is 1. The summed E-state index contributed by atoms with van der Waals surface area (Å²) in [6, 6.07) is 16.9. The molecule has 5 rings (SSSR count). The van der Waals surface area contributed by atoms with Crippen molar-refractivity contribution in [3.8, 4) is 22.5 Å². The number of likely N-dealkylation sites (N-methyl/N-ethyl adjacent to an activating group) is 1. The smallest absolute Gasteiger partial charge is 0.369 e. The minimum Gasteiger partial charge on any atom is -0.369 e. The molecule has 0 spiro atoms. The molecule has 3 heterocycles. The van der Waals surface area contributed by atoms with E-state index in [9.17, 15) is 13.2 Å². The topological polar surface area (TPSA) is 48.0 Å². The van der Waals surface area contributed by atoms with Crippen LogP contribution in [0.15, 0.2) is 60.7 Å². The minimum atomic E-state index is -4.45. The molecular weight excluding hydrogens is 415 g/mol. The number of alkyl halides is 3. The summed E-state index contributed by atoms with van der Waals surface area (Å²) >= 11 is 0. The number of pyridine rings is 1. The van der Waals surface area contributed by atoms with Gasteiger partial charge in [-0.1, -0.05) is 30.3 Å². The molecule has 0 atom stereocenters. The minimum absolute atomic E-state index is 0.0551. The molecule has 5 nitrogen and oxygen atoms in total. The molecule has 0 bridgehead atoms. The van der Waals surface area contributed by atoms with Crippen LogP contribution >= 0.6 is 0 Å². The number of halogens is 3. The lowest BCUT2D eigenvalue weighted by molar-refractivity contribution is -0.137. The lowest BCUT2D eigenvalue weighted by Crippen LogP contribution is -2.44. The molecule has 8 heteroatoms. The van der Waals surface area contributed by atoms with Crippen LogP contribution in [0.4, 0.5) is 18.9 Å². The maximum absolute atomic E-state index is 13.5. The van der Waals surface area contributed by atoms with Crippen molar-refractivity contribution in [2.75, 3.05) is 38.1 Å². The Morgan fingerprint density at radius 2 is 1.59 bits per heavy atom. The zero-order chi connectivity index (χ0) is 22.3. The Morgan fingerprint density at radius 3 is 2.31 bits per heavy atom. The summed E-state index contributed by atoms with van der Waals surface area (Å²) in [6.07, 6.45) is -4.45. The number of hydrogen-bond donors (Lipinski definition) is 1. The molecule has 0 unspecified atom stereocenters. The van der Waals surface area contributed by atoms with Gasteiger partial charge in [0, 0.05) is 43.0 Å². The monoisotopic (exact) mass is 437 g/mol. The van der Waals surface area contributed by atoms with Gasteiger partial charge < -0.3 is 9.80 Å². The predicted octanol–water partition coefficient (Wildman–Crippen LogP) is 5.06. The highest BCUT2D eigenvalue weighted by atomic mass is 19.4. The zero-order valence-electron chi connectivity index (χ0n) is 17.5. The van der Waals surface area contributed by atoms with Gasteiger partial charge in [0.05, 0.1) is 16.8 Å². The summed E-state index contributed by atoms with van der Waals surface area (Å²) in [4.78, 5) is 9.22. The third-order valence-electron chi connectivity index (χ3n) is 5.93. The quantitative estimate of drug-likeness (QED) is 0.487. The molecule has 1 fully saturated rings. The van der Waals surface area contributed by atoms with Crippen molar-refractivity contribution in [3.05, 3.63) is 66.2 Å². The van der Waals surface area contributed by atoms with Gasteiger partial charge in [0.2, 0.25) is 0 Å². The molecule has 2 aromatic carbocycles. The fourth-order valence-electron chi connectivity index (χ4n) is 4.10. The molecule has 2 aromatic heterocycles. The Labute approximate surface area is 183 Å². The van der Waals surface area contributed by atoms with Crippen LogP contribution < -0.4 is 4.90 Å². The van der Waals surface area contributed by atoms with Gasteiger partial charge in [-0.05, 0) is 37.4 Å². The van der Waals surface area contributed by atoms with Crippen LogP contribution in [0.5, 0.6) is 0 Å². The fourth-order valence-corrected chi connectivity index (χ4v) is 4.10. The second-order valence-electron chi connectivity index (χ2n) is 8.05. The Hall–Kier alpha value is -3.39. The van der Waals surface area contributed by atoms with Crippen molar-refractivity contribution >= 4 is 16.7 Å². The average molecular weight is 437 g/mol. The first kappa shape index (κ1) is 20.5. The summed E-state index contributed by atoms with van der Waals surface area (Å²) in [7, 11) is 2.12. The Balaban J connectivity index is 1.50. The van der Waals surface area contributed by atoms with Gasteiger partial charge in [0.25, 0.3) is 0 Å². The molecule has 4 aromatic rings. The van der Waals surface area contributed by atoms with Gasteiger partial charge in [0.1, 0.15) is 11.2 Å². The van der Waals surface area contributed by atoms with Crippen LogP contribution in [-0.4, -0.2) is 53.3 Å². The van der Waals surface area contributed by atoms with Gasteiger partial charge in [-0.15, -0.1) is 0 Å². The maximum Gasteiger partial charge on any atom is 0.417 e. The number of rotatable bonds is 3. The lowest BCUT2D eigenvalue weighted by Gasteiger charge is -2.34. The molecule has 0 aliphatic carbocycles. The van der Waals surface area contributed by atoms with Crippen LogP contribution in [0.2, 0.25) is 0 Å². The van der Waals surface area contributed by atoms with E-state index in [2.05, 4.69) is 44.2 Å². The molecule has 1 aliphatic heterocycles. The number of hydrogen-bond acceptors (Lipinski definition) is 4. The first-order valence-electron chi connectivity index (χ1n) is 10.5. The third-order valence-corrected chi connectivity index (χ3v) is 5.93. The van der Waals surface area contributed by atoms with Crippen LogP contribution in [0.25, 0.3) is 33.5 Å². The van der Waals surface area contributed by atoms with E-state index in [-0.39, 0.29) is 11.3 Å². The van der Waals surface area contributed by atoms with Crippen molar-refractivity contribution in [2.45, 2.75) is 6.18 Å². The number of H-pyrrole nitrogens is 1. The number of anilines is 1. The summed E-state index contributed by atoms with van der Waals surface area (Å²) in [6.45, 7) is 4.01. The Kier molecular flexibility index (Phi) is 5.09. The summed E-state index contributed by atoms with van der Waals surface area (Å²) in [5.74, 6) is 0. The van der Waals surface area contributed by atoms with E-state index in [0.29, 0.717) is 16.7 Å². The molecular formula is C24H22F3N5. The summed E-state index contributed by atoms with van der Waals surface area (Å²) < 4.78 is 40.5. The van der Waals surface area contributed by atoms with E-state index >= 15 is 0 Å². The largest absolute Gasteiger partial charge is 0.417 e. The van der Waals surface area contributed by atoms with Gasteiger partial charge in [0.15, 0.2) is 0 Å². The lowest BCUT2D eigenvalue weighted by atomic mass is 10.0. The first-order chi connectivity index (χ1) is 15.4. The summed E-state index contributed by atoms with van der Waals surface area (Å²) in [5, 5.41) is 7.34. The molecule has 0 radical (unpaired) electrons. The fraction of sp³-hybridized carbons (Fsp3) is 0.250. The van der Waals surface area contributed by atoms with Crippen LogP contribution in [0.3, 0.4) is 0 Å². The highest BCUT2D eigenvalue weighted by Gasteiger charge is 2.33. The molecule has 0 amide bonds. The second-order valence-corrected chi connectivity index (χ2v) is 8.05. The molecule has 0 saturated carbocycles. The van der Waals surface area contributed by atoms with Crippen LogP contribution in [0, 0.1) is 0 Å². The molecule has 1 N–H and O–H groups in total. The van der Waals surface area contributed by atoms with Crippen molar-refractivity contribution in [1.29, 1.82) is 0 Å². The van der Waals surface area contributed by atoms with Crippen molar-refractivity contribution in [2.24, 2.45) is 0 Å². The third kappa shape index (κ3) is 3.82. The maximum atomic E-state index is 13.5. The first-order valence-corrected chi connectivity index (χ1v) is 10.5. The van der Waals surface area contributed by atoms with E-state index in [1.165, 1.54) is 12.1 Å². The van der Waals surface area contributed by atoms with Gasteiger partial charge in [-0.2, -0.15) is 18.3 Å². The van der Waals surface area contributed by atoms with Gasteiger partial charge >= 0.3 is 6.18 Å². The van der Waals surface area contributed by atoms with Crippen molar-refractivity contribution < 1.29 is 13.2 Å². The van der Waals surface area contributed by atoms with Crippen molar-refractivity contribution in [1.82, 2.24) is 20.1 Å². The summed E-state index contributed by atoms with van der Waals surface area (Å²) in [5.41, 5.74) is 3.48. The SMILES string of the molecule is CN1CCN(c2ccc(-c3n[nH]c4ccc(-c5ccccc5C(F)(F)F)nc34)cc2)CC1. The number of aromatic amines is 1. The molecule has 1 aliphatic rings. The van der Waals surface area contributed by atoms with E-state index in [1.54, 1.807) is 18.2 Å². The standard InChI is InChI=1S/C24H22F3N5/c1-31-12-14-32(15-13-31)17-8-6-16(7-9-17)22-23-21(29-30-22)11-10-20(28-23)18-4-2-3-5-19(18)24(25,26)27/h2-11H,12-15H2,1H3,(H,29,30). The number of benzene rings is 2. The Morgan fingerprint density at radius 1 is 0.875 bits per heavy atom. The number of fused-ring (bicyclic) bond motifs is 1.